The summed E-state index contributed by atoms with van der Waals surface area (Å²) in [7, 11) is 0. The van der Waals surface area contributed by atoms with E-state index in [0.29, 0.717) is 18.3 Å². The summed E-state index contributed by atoms with van der Waals surface area (Å²) in [6, 6.07) is 26.6. The van der Waals surface area contributed by atoms with Gasteiger partial charge in [0.25, 0.3) is 0 Å². The van der Waals surface area contributed by atoms with Crippen molar-refractivity contribution in [1.29, 1.82) is 0 Å². The van der Waals surface area contributed by atoms with Crippen molar-refractivity contribution in [3.63, 3.8) is 0 Å². The van der Waals surface area contributed by atoms with E-state index in [4.69, 9.17) is 5.10 Å². The number of hydrogen-bond donors (Lipinski definition) is 1. The predicted octanol–water partition coefficient (Wildman–Crippen LogP) is 6.10. The number of carbonyl (C=O) groups is 2. The van der Waals surface area contributed by atoms with Crippen LogP contribution in [0.4, 0.5) is 5.82 Å². The first-order chi connectivity index (χ1) is 18.8. The number of carbonyl (C=O) groups excluding carboxylic acids is 2. The maximum atomic E-state index is 13.8. The molecule has 0 saturated carbocycles. The van der Waals surface area contributed by atoms with E-state index >= 15 is 0 Å². The molecule has 200 valence electrons. The molecule has 0 bridgehead atoms. The molecule has 1 aromatic heterocycles. The molecule has 7 heteroatoms. The lowest BCUT2D eigenvalue weighted by molar-refractivity contribution is -0.123. The van der Waals surface area contributed by atoms with Crippen molar-refractivity contribution >= 4 is 29.4 Å². The van der Waals surface area contributed by atoms with Crippen molar-refractivity contribution in [1.82, 2.24) is 15.1 Å². The van der Waals surface area contributed by atoms with Crippen LogP contribution in [0.3, 0.4) is 0 Å². The highest BCUT2D eigenvalue weighted by atomic mass is 32.2. The molecule has 1 aliphatic rings. The molecule has 0 radical (unpaired) electrons. The van der Waals surface area contributed by atoms with Gasteiger partial charge in [0.2, 0.25) is 11.8 Å². The van der Waals surface area contributed by atoms with Crippen molar-refractivity contribution in [2.24, 2.45) is 5.92 Å². The first-order valence-electron chi connectivity index (χ1n) is 13.3. The highest BCUT2D eigenvalue weighted by Gasteiger charge is 2.37. The normalized spacial score (nSPS) is 15.3. The zero-order valence-electron chi connectivity index (χ0n) is 22.8. The fourth-order valence-corrected chi connectivity index (χ4v) is 6.00. The van der Waals surface area contributed by atoms with Crippen molar-refractivity contribution in [3.05, 3.63) is 101 Å². The van der Waals surface area contributed by atoms with E-state index in [1.54, 1.807) is 16.7 Å². The first-order valence-corrected chi connectivity index (χ1v) is 14.4. The molecular weight excluding hydrogens is 504 g/mol. The summed E-state index contributed by atoms with van der Waals surface area (Å²) < 4.78 is 1.85. The lowest BCUT2D eigenvalue weighted by atomic mass is 9.98. The third-order valence-corrected chi connectivity index (χ3v) is 8.02. The van der Waals surface area contributed by atoms with Gasteiger partial charge in [-0.05, 0) is 37.5 Å². The van der Waals surface area contributed by atoms with Gasteiger partial charge in [-0.2, -0.15) is 5.10 Å². The van der Waals surface area contributed by atoms with E-state index in [2.05, 4.69) is 50.4 Å². The Morgan fingerprint density at radius 2 is 1.74 bits per heavy atom. The van der Waals surface area contributed by atoms with Crippen molar-refractivity contribution < 1.29 is 9.59 Å². The molecule has 0 saturated heterocycles. The van der Waals surface area contributed by atoms with Crippen LogP contribution in [0.15, 0.2) is 78.9 Å². The minimum Gasteiger partial charge on any atom is -0.354 e. The van der Waals surface area contributed by atoms with Crippen LogP contribution in [0.25, 0.3) is 16.9 Å². The molecule has 0 aliphatic carbocycles. The first kappa shape index (κ1) is 26.8. The second kappa shape index (κ2) is 11.5. The summed E-state index contributed by atoms with van der Waals surface area (Å²) in [5, 5.41) is 8.00. The Bertz CT molecular complexity index is 1480. The molecule has 6 nitrogen and oxygen atoms in total. The van der Waals surface area contributed by atoms with Gasteiger partial charge in [-0.1, -0.05) is 91.7 Å². The number of nitrogens with zero attached hydrogens (tertiary/aromatic N) is 3. The van der Waals surface area contributed by atoms with E-state index in [1.807, 2.05) is 66.2 Å². The minimum absolute atomic E-state index is 0.0641. The molecule has 3 aromatic carbocycles. The van der Waals surface area contributed by atoms with Gasteiger partial charge in [0, 0.05) is 17.7 Å². The molecular formula is C32H34N4O2S. The van der Waals surface area contributed by atoms with E-state index in [1.165, 1.54) is 0 Å². The van der Waals surface area contributed by atoms with Crippen LogP contribution in [-0.2, 0) is 9.59 Å². The number of rotatable bonds is 7. The molecule has 1 aliphatic heterocycles. The lowest BCUT2D eigenvalue weighted by Gasteiger charge is -2.23. The Labute approximate surface area is 234 Å². The molecule has 2 amide bonds. The number of fused-ring (bicyclic) bond motifs is 1. The van der Waals surface area contributed by atoms with Gasteiger partial charge in [0.15, 0.2) is 0 Å². The van der Waals surface area contributed by atoms with Crippen LogP contribution in [0, 0.1) is 19.8 Å². The maximum absolute atomic E-state index is 13.8. The number of amides is 2. The standard InChI is InChI=1S/C32H34N4O2S/c1-21(2)18-33-27(37)19-35-28(38)20-39-31(25-12-8-9-23(4)17-25)29-30(24-10-6-5-7-11-24)34-36(32(29)35)26-15-13-22(3)14-16-26/h5-17,21,31H,18-20H2,1-4H3,(H,33,37). The predicted molar refractivity (Wildman–Crippen MR) is 159 cm³/mol. The van der Waals surface area contributed by atoms with Gasteiger partial charge in [0.1, 0.15) is 12.4 Å². The van der Waals surface area contributed by atoms with Gasteiger partial charge in [0.05, 0.1) is 22.4 Å². The number of hydrogen-bond acceptors (Lipinski definition) is 4. The fraction of sp³-hybridized carbons (Fsp3) is 0.281. The van der Waals surface area contributed by atoms with Gasteiger partial charge in [-0.15, -0.1) is 11.8 Å². The second-order valence-electron chi connectivity index (χ2n) is 10.5. The zero-order valence-corrected chi connectivity index (χ0v) is 23.7. The number of nitrogens with one attached hydrogen (secondary N) is 1. The molecule has 0 spiro atoms. The minimum atomic E-state index is -0.181. The van der Waals surface area contributed by atoms with E-state index in [0.717, 1.165) is 39.2 Å². The highest BCUT2D eigenvalue weighted by molar-refractivity contribution is 8.00. The van der Waals surface area contributed by atoms with Crippen molar-refractivity contribution in [3.8, 4) is 16.9 Å². The number of aromatic nitrogens is 2. The number of benzene rings is 3. The number of anilines is 1. The second-order valence-corrected chi connectivity index (χ2v) is 11.6. The van der Waals surface area contributed by atoms with Crippen LogP contribution < -0.4 is 10.2 Å². The van der Waals surface area contributed by atoms with Gasteiger partial charge >= 0.3 is 0 Å². The third-order valence-electron chi connectivity index (χ3n) is 6.77. The van der Waals surface area contributed by atoms with Gasteiger partial charge < -0.3 is 5.32 Å². The summed E-state index contributed by atoms with van der Waals surface area (Å²) >= 11 is 1.59. The number of aryl methyl sites for hydroxylation is 2. The molecule has 1 unspecified atom stereocenters. The third kappa shape index (κ3) is 5.78. The smallest absolute Gasteiger partial charge is 0.240 e. The highest BCUT2D eigenvalue weighted by Crippen LogP contribution is 2.48. The maximum Gasteiger partial charge on any atom is 0.240 e. The monoisotopic (exact) mass is 538 g/mol. The van der Waals surface area contributed by atoms with Gasteiger partial charge in [-0.3, -0.25) is 14.5 Å². The Morgan fingerprint density at radius 1 is 1.00 bits per heavy atom. The molecule has 1 atom stereocenters. The number of thioether (sulfide) groups is 1. The molecule has 5 rings (SSSR count). The Morgan fingerprint density at radius 3 is 2.44 bits per heavy atom. The van der Waals surface area contributed by atoms with Gasteiger partial charge in [-0.25, -0.2) is 4.68 Å². The lowest BCUT2D eigenvalue weighted by Crippen LogP contribution is -2.43. The molecule has 0 fully saturated rings. The Balaban J connectivity index is 1.76. The van der Waals surface area contributed by atoms with E-state index < -0.39 is 0 Å². The van der Waals surface area contributed by atoms with Crippen LogP contribution >= 0.6 is 11.8 Å². The average molecular weight is 539 g/mol. The molecule has 2 heterocycles. The summed E-state index contributed by atoms with van der Waals surface area (Å²) in [5.74, 6) is 0.934. The van der Waals surface area contributed by atoms with Crippen molar-refractivity contribution in [2.45, 2.75) is 32.9 Å². The molecule has 39 heavy (non-hydrogen) atoms. The largest absolute Gasteiger partial charge is 0.354 e. The summed E-state index contributed by atoms with van der Waals surface area (Å²) in [6.07, 6.45) is 0. The summed E-state index contributed by atoms with van der Waals surface area (Å²) in [5.41, 5.74) is 6.97. The Hall–Kier alpha value is -3.84. The molecule has 4 aromatic rings. The Kier molecular flexibility index (Phi) is 7.89. The van der Waals surface area contributed by atoms with Crippen LogP contribution in [0.5, 0.6) is 0 Å². The zero-order chi connectivity index (χ0) is 27.5. The van der Waals surface area contributed by atoms with Crippen LogP contribution in [0.2, 0.25) is 0 Å². The van der Waals surface area contributed by atoms with Crippen LogP contribution in [0.1, 0.15) is 41.4 Å². The van der Waals surface area contributed by atoms with E-state index in [9.17, 15) is 9.59 Å². The van der Waals surface area contributed by atoms with Crippen molar-refractivity contribution in [2.75, 3.05) is 23.7 Å². The fourth-order valence-electron chi connectivity index (χ4n) is 4.81. The average Bonchev–Trinajstić information content (AvgIpc) is 3.25. The quantitative estimate of drug-likeness (QED) is 0.309. The summed E-state index contributed by atoms with van der Waals surface area (Å²) in [4.78, 5) is 28.5. The molecule has 1 N–H and O–H groups in total. The topological polar surface area (TPSA) is 67.2 Å². The SMILES string of the molecule is Cc1ccc(-n2nc(-c3ccccc3)c3c2N(CC(=O)NCC(C)C)C(=O)CSC3c2cccc(C)c2)cc1. The van der Waals surface area contributed by atoms with Crippen LogP contribution in [-0.4, -0.2) is 40.4 Å². The van der Waals surface area contributed by atoms with E-state index in [-0.39, 0.29) is 29.4 Å². The summed E-state index contributed by atoms with van der Waals surface area (Å²) in [6.45, 7) is 8.72.